The maximum absolute atomic E-state index is 9.71. The second-order valence-electron chi connectivity index (χ2n) is 0.827. The summed E-state index contributed by atoms with van der Waals surface area (Å²) in [5.41, 5.74) is 3.48. The summed E-state index contributed by atoms with van der Waals surface area (Å²) in [6.45, 7) is 0. The molecule has 0 atom stereocenters. The van der Waals surface area contributed by atoms with Crippen molar-refractivity contribution in [1.29, 1.82) is 0 Å². The first-order valence-corrected chi connectivity index (χ1v) is 1.96. The number of urea groups is 1. The van der Waals surface area contributed by atoms with E-state index in [0.717, 1.165) is 0 Å². The molecule has 0 saturated carbocycles. The van der Waals surface area contributed by atoms with E-state index in [1.165, 1.54) is 6.11 Å². The van der Waals surface area contributed by atoms with E-state index in [4.69, 9.17) is 5.26 Å². The van der Waals surface area contributed by atoms with Crippen molar-refractivity contribution < 1.29 is 14.9 Å². The predicted molar refractivity (Wildman–Crippen MR) is 32.6 cm³/mol. The summed E-state index contributed by atoms with van der Waals surface area (Å²) in [5, 5.41) is 7.14. The normalized spacial score (nSPS) is 5.80. The first kappa shape index (κ1) is 11.3. The molecular formula is C3H8N4O3. The number of hydrazine groups is 2. The second kappa shape index (κ2) is 10.5. The largest absolute Gasteiger partial charge is 0.343 e. The van der Waals surface area contributed by atoms with Crippen LogP contribution in [0.5, 0.6) is 0 Å². The van der Waals surface area contributed by atoms with E-state index in [9.17, 15) is 4.79 Å². The van der Waals surface area contributed by atoms with Gasteiger partial charge in [0.25, 0.3) is 0 Å². The number of nitrogens with one attached hydrogen (secondary N) is 2. The molecule has 7 N–H and O–H groups in total. The third-order valence-corrected chi connectivity index (χ3v) is 0.315. The van der Waals surface area contributed by atoms with E-state index >= 15 is 0 Å². The van der Waals surface area contributed by atoms with Crippen LogP contribution < -0.4 is 22.5 Å². The minimum absolute atomic E-state index is 0.602. The SMILES string of the molecule is C#COO.NNC(=O)NN. The summed E-state index contributed by atoms with van der Waals surface area (Å²) >= 11 is 0. The van der Waals surface area contributed by atoms with Crippen molar-refractivity contribution in [3.8, 4) is 12.5 Å². The summed E-state index contributed by atoms with van der Waals surface area (Å²) in [4.78, 5) is 12.8. The zero-order valence-corrected chi connectivity index (χ0v) is 5.00. The molecule has 2 amide bonds. The third kappa shape index (κ3) is 16.0. The molecule has 7 nitrogen and oxygen atoms in total. The molecule has 0 rings (SSSR count). The summed E-state index contributed by atoms with van der Waals surface area (Å²) in [7, 11) is 0. The van der Waals surface area contributed by atoms with Crippen molar-refractivity contribution in [1.82, 2.24) is 10.9 Å². The van der Waals surface area contributed by atoms with E-state index in [1.807, 2.05) is 0 Å². The highest BCUT2D eigenvalue weighted by Gasteiger charge is 1.82. The lowest BCUT2D eigenvalue weighted by molar-refractivity contribution is -0.171. The van der Waals surface area contributed by atoms with Gasteiger partial charge in [0.1, 0.15) is 0 Å². The highest BCUT2D eigenvalue weighted by atomic mass is 17.1. The van der Waals surface area contributed by atoms with Gasteiger partial charge in [0.15, 0.2) is 6.11 Å². The molecule has 0 radical (unpaired) electrons. The minimum atomic E-state index is -0.602. The predicted octanol–water partition coefficient (Wildman–Crippen LogP) is -1.90. The number of rotatable bonds is 0. The first-order chi connectivity index (χ1) is 4.72. The van der Waals surface area contributed by atoms with Gasteiger partial charge in [-0.1, -0.05) is 6.42 Å². The highest BCUT2D eigenvalue weighted by Crippen LogP contribution is 1.42. The van der Waals surface area contributed by atoms with Crippen LogP contribution >= 0.6 is 0 Å². The Kier molecular flexibility index (Phi) is 11.9. The van der Waals surface area contributed by atoms with Gasteiger partial charge in [0, 0.05) is 0 Å². The van der Waals surface area contributed by atoms with E-state index in [1.54, 1.807) is 10.9 Å². The van der Waals surface area contributed by atoms with Crippen molar-refractivity contribution in [2.24, 2.45) is 11.7 Å². The van der Waals surface area contributed by atoms with E-state index in [-0.39, 0.29) is 0 Å². The molecule has 0 aliphatic rings. The quantitative estimate of drug-likeness (QED) is 0.0902. The molecule has 7 heteroatoms. The summed E-state index contributed by atoms with van der Waals surface area (Å²) < 4.78 is 0. The summed E-state index contributed by atoms with van der Waals surface area (Å²) in [6.07, 6.45) is 5.79. The third-order valence-electron chi connectivity index (χ3n) is 0.315. The van der Waals surface area contributed by atoms with E-state index in [2.05, 4.69) is 23.0 Å². The zero-order valence-electron chi connectivity index (χ0n) is 5.00. The van der Waals surface area contributed by atoms with Crippen molar-refractivity contribution in [2.75, 3.05) is 0 Å². The van der Waals surface area contributed by atoms with Gasteiger partial charge in [-0.2, -0.15) is 5.26 Å². The highest BCUT2D eigenvalue weighted by molar-refractivity contribution is 5.72. The van der Waals surface area contributed by atoms with Gasteiger partial charge >= 0.3 is 6.03 Å². The van der Waals surface area contributed by atoms with Gasteiger partial charge in [-0.3, -0.25) is 15.7 Å². The molecule has 0 aliphatic heterocycles. The Labute approximate surface area is 57.2 Å². The van der Waals surface area contributed by atoms with Crippen LogP contribution in [0.2, 0.25) is 0 Å². The fraction of sp³-hybridized carbons (Fsp3) is 0. The lowest BCUT2D eigenvalue weighted by Crippen LogP contribution is -2.43. The van der Waals surface area contributed by atoms with Gasteiger partial charge in [0.2, 0.25) is 0 Å². The molecule has 0 unspecified atom stereocenters. The van der Waals surface area contributed by atoms with Crippen LogP contribution in [-0.4, -0.2) is 11.3 Å². The molecule has 0 heterocycles. The molecule has 0 aliphatic carbocycles. The van der Waals surface area contributed by atoms with Crippen molar-refractivity contribution >= 4 is 6.03 Å². The minimum Gasteiger partial charge on any atom is -0.285 e. The van der Waals surface area contributed by atoms with Gasteiger partial charge in [0.05, 0.1) is 0 Å². The summed E-state index contributed by atoms with van der Waals surface area (Å²) in [5.74, 6) is 9.08. The number of carbonyl (C=O) groups excluding carboxylic acids is 1. The first-order valence-electron chi connectivity index (χ1n) is 1.96. The molecule has 0 aromatic carbocycles. The van der Waals surface area contributed by atoms with Crippen LogP contribution in [0, 0.1) is 12.5 Å². The van der Waals surface area contributed by atoms with Crippen LogP contribution in [0.3, 0.4) is 0 Å². The Bertz CT molecular complexity index is 113. The van der Waals surface area contributed by atoms with Gasteiger partial charge in [-0.15, -0.1) is 0 Å². The van der Waals surface area contributed by atoms with Crippen molar-refractivity contribution in [2.45, 2.75) is 0 Å². The topological polar surface area (TPSA) is 123 Å². The van der Waals surface area contributed by atoms with Crippen LogP contribution in [0.15, 0.2) is 0 Å². The Morgan fingerprint density at radius 2 is 1.90 bits per heavy atom. The Morgan fingerprint density at radius 3 is 1.90 bits per heavy atom. The van der Waals surface area contributed by atoms with Crippen LogP contribution in [0.4, 0.5) is 4.79 Å². The fourth-order valence-electron chi connectivity index (χ4n) is 0.0417. The molecule has 0 aromatic heterocycles. The van der Waals surface area contributed by atoms with Crippen LogP contribution in [-0.2, 0) is 4.89 Å². The van der Waals surface area contributed by atoms with Crippen LogP contribution in [0.25, 0.3) is 0 Å². The molecule has 0 aromatic rings. The average Bonchev–Trinajstić information content (AvgIpc) is 2.03. The Balaban J connectivity index is 0. The smallest absolute Gasteiger partial charge is 0.285 e. The maximum Gasteiger partial charge on any atom is 0.343 e. The van der Waals surface area contributed by atoms with Gasteiger partial charge in [-0.05, 0) is 0 Å². The Hall–Kier alpha value is -1.49. The monoisotopic (exact) mass is 148 g/mol. The number of terminal acetylenes is 1. The van der Waals surface area contributed by atoms with Gasteiger partial charge < -0.3 is 0 Å². The molecule has 0 bridgehead atoms. The maximum atomic E-state index is 9.71. The number of hydrogen-bond donors (Lipinski definition) is 5. The average molecular weight is 148 g/mol. The number of hydrogen-bond acceptors (Lipinski definition) is 5. The second-order valence-corrected chi connectivity index (χ2v) is 0.827. The van der Waals surface area contributed by atoms with Crippen LogP contribution in [0.1, 0.15) is 0 Å². The standard InChI is InChI=1S/C2H2O2.CH6N4O/c1-2-4-3;2-4-1(6)5-3/h1,3H;2-3H2,(H2,4,5,6). The molecule has 0 saturated heterocycles. The fourth-order valence-corrected chi connectivity index (χ4v) is 0.0417. The molecular weight excluding hydrogens is 140 g/mol. The molecule has 10 heavy (non-hydrogen) atoms. The lowest BCUT2D eigenvalue weighted by Gasteiger charge is -1.90. The molecule has 0 spiro atoms. The molecule has 58 valence electrons. The number of amides is 2. The molecule has 0 fully saturated rings. The van der Waals surface area contributed by atoms with E-state index < -0.39 is 6.03 Å². The lowest BCUT2D eigenvalue weighted by atomic mass is 11.1. The number of nitrogens with two attached hydrogens (primary N) is 2. The van der Waals surface area contributed by atoms with Crippen molar-refractivity contribution in [3.05, 3.63) is 0 Å². The van der Waals surface area contributed by atoms with Gasteiger partial charge in [-0.25, -0.2) is 16.5 Å². The summed E-state index contributed by atoms with van der Waals surface area (Å²) in [6, 6.07) is -0.602. The Morgan fingerprint density at radius 1 is 1.60 bits per heavy atom. The van der Waals surface area contributed by atoms with Crippen molar-refractivity contribution in [3.63, 3.8) is 0 Å². The van der Waals surface area contributed by atoms with E-state index in [0.29, 0.717) is 0 Å². The number of carbonyl (C=O) groups is 1. The zero-order chi connectivity index (χ0) is 8.41.